The molecule has 0 aromatic carbocycles. The smallest absolute Gasteiger partial charge is 0.245 e. The molecule has 5 nitrogen and oxygen atoms in total. The molecule has 22 heavy (non-hydrogen) atoms. The molecule has 1 aliphatic heterocycles. The number of aryl methyl sites for hydroxylation is 1. The minimum Gasteiger partial charge on any atom is -0.339 e. The molecule has 3 fully saturated rings. The molecule has 0 N–H and O–H groups in total. The average Bonchev–Trinajstić information content (AvgIpc) is 2.84. The van der Waals surface area contributed by atoms with Crippen LogP contribution in [0.1, 0.15) is 39.0 Å². The zero-order valence-electron chi connectivity index (χ0n) is 13.0. The number of fused-ring (bicyclic) bond motifs is 1. The van der Waals surface area contributed by atoms with E-state index >= 15 is 0 Å². The van der Waals surface area contributed by atoms with Crippen LogP contribution in [0, 0.1) is 23.2 Å². The van der Waals surface area contributed by atoms with Crippen LogP contribution in [0.3, 0.4) is 0 Å². The minimum absolute atomic E-state index is 0.381. The van der Waals surface area contributed by atoms with Gasteiger partial charge in [-0.25, -0.2) is 13.5 Å². The van der Waals surface area contributed by atoms with Gasteiger partial charge in [-0.15, -0.1) is 0 Å². The predicted octanol–water partition coefficient (Wildman–Crippen LogP) is 2.59. The van der Waals surface area contributed by atoms with Crippen molar-refractivity contribution in [3.05, 3.63) is 0 Å². The van der Waals surface area contributed by atoms with Gasteiger partial charge < -0.3 is 4.90 Å². The molecule has 122 valence electrons. The molecule has 0 bridgehead atoms. The van der Waals surface area contributed by atoms with Crippen LogP contribution < -0.4 is 4.90 Å². The Morgan fingerprint density at radius 2 is 2.18 bits per heavy atom. The fraction of sp³-hybridized carbons (Fsp3) is 0.933. The number of alkyl halides is 2. The number of rotatable bonds is 6. The van der Waals surface area contributed by atoms with Gasteiger partial charge in [0.15, 0.2) is 0 Å². The molecule has 1 saturated heterocycles. The van der Waals surface area contributed by atoms with E-state index in [1.165, 1.54) is 12.8 Å². The van der Waals surface area contributed by atoms with Gasteiger partial charge in [0.1, 0.15) is 0 Å². The Kier molecular flexibility index (Phi) is 3.34. The second-order valence-electron chi connectivity index (χ2n) is 7.42. The van der Waals surface area contributed by atoms with Gasteiger partial charge >= 0.3 is 0 Å². The first kappa shape index (κ1) is 14.3. The van der Waals surface area contributed by atoms with Gasteiger partial charge in [0.2, 0.25) is 12.4 Å². The second kappa shape index (κ2) is 5.13. The fourth-order valence-corrected chi connectivity index (χ4v) is 4.40. The number of hydrogen-bond acceptors (Lipinski definition) is 4. The molecule has 2 heterocycles. The quantitative estimate of drug-likeness (QED) is 0.810. The Labute approximate surface area is 129 Å². The molecule has 7 heteroatoms. The maximum atomic E-state index is 12.5. The Hall–Kier alpha value is -1.27. The van der Waals surface area contributed by atoms with E-state index in [0.29, 0.717) is 24.2 Å². The van der Waals surface area contributed by atoms with Crippen molar-refractivity contribution in [2.75, 3.05) is 18.0 Å². The van der Waals surface area contributed by atoms with E-state index in [9.17, 15) is 8.78 Å². The molecule has 0 radical (unpaired) electrons. The highest BCUT2D eigenvalue weighted by Crippen LogP contribution is 2.60. The average molecular weight is 311 g/mol. The van der Waals surface area contributed by atoms with Crippen molar-refractivity contribution in [2.24, 2.45) is 23.2 Å². The van der Waals surface area contributed by atoms with E-state index in [1.807, 2.05) is 4.68 Å². The lowest BCUT2D eigenvalue weighted by Gasteiger charge is -2.34. The highest BCUT2D eigenvalue weighted by Gasteiger charge is 2.59. The number of piperidine rings is 1. The maximum absolute atomic E-state index is 12.5. The maximum Gasteiger partial charge on any atom is 0.245 e. The lowest BCUT2D eigenvalue weighted by atomic mass is 9.73. The number of halogens is 2. The highest BCUT2D eigenvalue weighted by molar-refractivity contribution is 5.36. The first-order valence-electron chi connectivity index (χ1n) is 8.40. The Balaban J connectivity index is 1.32. The van der Waals surface area contributed by atoms with Gasteiger partial charge in [-0.1, -0.05) is 12.0 Å². The van der Waals surface area contributed by atoms with E-state index < -0.39 is 6.43 Å². The minimum atomic E-state index is -2.15. The molecular formula is C15H23F2N5. The van der Waals surface area contributed by atoms with Crippen LogP contribution in [0.5, 0.6) is 0 Å². The Morgan fingerprint density at radius 3 is 2.86 bits per heavy atom. The molecule has 2 aliphatic carbocycles. The largest absolute Gasteiger partial charge is 0.339 e. The lowest BCUT2D eigenvalue weighted by molar-refractivity contribution is -0.000973. The highest BCUT2D eigenvalue weighted by atomic mass is 19.3. The van der Waals surface area contributed by atoms with Gasteiger partial charge in [-0.05, 0) is 59.8 Å². The number of anilines is 1. The summed E-state index contributed by atoms with van der Waals surface area (Å²) in [5.41, 5.74) is 0.509. The number of aromatic nitrogens is 4. The first-order chi connectivity index (χ1) is 10.6. The van der Waals surface area contributed by atoms with Crippen molar-refractivity contribution in [3.8, 4) is 0 Å². The first-order valence-corrected chi connectivity index (χ1v) is 8.40. The summed E-state index contributed by atoms with van der Waals surface area (Å²) in [6, 6.07) is 0. The van der Waals surface area contributed by atoms with Crippen LogP contribution in [0.2, 0.25) is 0 Å². The standard InChI is InChI=1S/C15H23F2N5/c1-2-15-7-12(15)8-21(9-15)14-18-19-20-22(14)4-3-10-5-11(6-10)13(16)17/h10-13H,2-9H2,1H3/t10?,11?,12-,15+/m0/s1. The molecule has 1 aromatic rings. The molecule has 3 aliphatic rings. The van der Waals surface area contributed by atoms with Crippen molar-refractivity contribution in [1.82, 2.24) is 20.2 Å². The summed E-state index contributed by atoms with van der Waals surface area (Å²) in [5.74, 6) is 1.70. The molecule has 2 atom stereocenters. The summed E-state index contributed by atoms with van der Waals surface area (Å²) >= 11 is 0. The zero-order valence-corrected chi connectivity index (χ0v) is 13.0. The molecule has 0 spiro atoms. The van der Waals surface area contributed by atoms with E-state index in [2.05, 4.69) is 27.3 Å². The molecule has 0 amide bonds. The second-order valence-corrected chi connectivity index (χ2v) is 7.42. The number of hydrogen-bond donors (Lipinski definition) is 0. The summed E-state index contributed by atoms with van der Waals surface area (Å²) in [6.07, 6.45) is 2.63. The molecule has 1 aromatic heterocycles. The van der Waals surface area contributed by atoms with Crippen molar-refractivity contribution >= 4 is 5.95 Å². The van der Waals surface area contributed by atoms with Crippen molar-refractivity contribution in [3.63, 3.8) is 0 Å². The van der Waals surface area contributed by atoms with Crippen molar-refractivity contribution < 1.29 is 8.78 Å². The number of nitrogens with zero attached hydrogens (tertiary/aromatic N) is 5. The van der Waals surface area contributed by atoms with Gasteiger partial charge in [0.05, 0.1) is 0 Å². The van der Waals surface area contributed by atoms with Crippen molar-refractivity contribution in [1.29, 1.82) is 0 Å². The SMILES string of the molecule is CC[C@]12C[C@H]1CN(c1nnnn1CCC1CC(C(F)F)C1)C2. The topological polar surface area (TPSA) is 46.8 Å². The Morgan fingerprint density at radius 1 is 1.36 bits per heavy atom. The van der Waals surface area contributed by atoms with Crippen LogP contribution in [0.4, 0.5) is 14.7 Å². The van der Waals surface area contributed by atoms with Crippen LogP contribution in [-0.2, 0) is 6.54 Å². The number of tetrazole rings is 1. The van der Waals surface area contributed by atoms with Crippen LogP contribution >= 0.6 is 0 Å². The summed E-state index contributed by atoms with van der Waals surface area (Å²) in [7, 11) is 0. The third-order valence-corrected chi connectivity index (χ3v) is 6.18. The van der Waals surface area contributed by atoms with Gasteiger partial charge in [0.25, 0.3) is 0 Å². The van der Waals surface area contributed by atoms with Crippen LogP contribution in [0.25, 0.3) is 0 Å². The summed E-state index contributed by atoms with van der Waals surface area (Å²) in [5, 5.41) is 12.1. The predicted molar refractivity (Wildman–Crippen MR) is 77.7 cm³/mol. The Bertz CT molecular complexity index is 538. The van der Waals surface area contributed by atoms with E-state index in [4.69, 9.17) is 0 Å². The molecule has 4 rings (SSSR count). The third kappa shape index (κ3) is 2.29. The fourth-order valence-electron chi connectivity index (χ4n) is 4.40. The third-order valence-electron chi connectivity index (χ3n) is 6.18. The lowest BCUT2D eigenvalue weighted by Crippen LogP contribution is -2.31. The molecular weight excluding hydrogens is 288 g/mol. The van der Waals surface area contributed by atoms with Gasteiger partial charge in [0, 0.05) is 25.6 Å². The van der Waals surface area contributed by atoms with E-state index in [1.54, 1.807) is 0 Å². The van der Waals surface area contributed by atoms with Gasteiger partial charge in [-0.2, -0.15) is 0 Å². The monoisotopic (exact) mass is 311 g/mol. The zero-order chi connectivity index (χ0) is 15.3. The van der Waals surface area contributed by atoms with Gasteiger partial charge in [-0.3, -0.25) is 0 Å². The molecule has 2 saturated carbocycles. The van der Waals surface area contributed by atoms with E-state index in [-0.39, 0.29) is 5.92 Å². The van der Waals surface area contributed by atoms with Crippen LogP contribution in [0.15, 0.2) is 0 Å². The van der Waals surface area contributed by atoms with Crippen LogP contribution in [-0.4, -0.2) is 39.7 Å². The van der Waals surface area contributed by atoms with Crippen molar-refractivity contribution in [2.45, 2.75) is 52.0 Å². The normalized spacial score (nSPS) is 36.5. The summed E-state index contributed by atoms with van der Waals surface area (Å²) in [4.78, 5) is 2.31. The van der Waals surface area contributed by atoms with E-state index in [0.717, 1.165) is 37.9 Å². The molecule has 0 unspecified atom stereocenters. The summed E-state index contributed by atoms with van der Waals surface area (Å²) in [6.45, 7) is 5.13. The summed E-state index contributed by atoms with van der Waals surface area (Å²) < 4.78 is 26.9.